The number of ether oxygens (including phenoxy) is 1. The van der Waals surface area contributed by atoms with Crippen molar-refractivity contribution in [2.24, 2.45) is 10.1 Å². The molecule has 11 heteroatoms. The maximum Gasteiger partial charge on any atom is 0.247 e. The Morgan fingerprint density at radius 2 is 1.93 bits per heavy atom. The first-order chi connectivity index (χ1) is 12.8. The van der Waals surface area contributed by atoms with Gasteiger partial charge < -0.3 is 15.4 Å². The molecule has 0 radical (unpaired) electrons. The van der Waals surface area contributed by atoms with Gasteiger partial charge in [0, 0.05) is 16.4 Å². The minimum absolute atomic E-state index is 0. The van der Waals surface area contributed by atoms with Crippen molar-refractivity contribution in [2.75, 3.05) is 13.1 Å². The molecule has 0 aliphatic heterocycles. The number of halogens is 2. The topological polar surface area (TPSA) is 106 Å². The molecule has 156 valence electrons. The number of primary sulfonamides is 1. The van der Waals surface area contributed by atoms with Crippen LogP contribution in [-0.4, -0.2) is 33.6 Å². The summed E-state index contributed by atoms with van der Waals surface area (Å²) in [6, 6.07) is 10.4. The molecule has 0 amide bonds. The number of thiophene rings is 1. The van der Waals surface area contributed by atoms with Gasteiger partial charge in [0.05, 0.1) is 13.1 Å². The van der Waals surface area contributed by atoms with Crippen LogP contribution in [0.25, 0.3) is 0 Å². The molecule has 0 saturated carbocycles. The fraction of sp³-hybridized carbons (Fsp3) is 0.353. The molecule has 0 aliphatic rings. The molecule has 28 heavy (non-hydrogen) atoms. The van der Waals surface area contributed by atoms with E-state index in [4.69, 9.17) is 21.5 Å². The van der Waals surface area contributed by atoms with E-state index in [0.717, 1.165) is 22.0 Å². The molecule has 1 heterocycles. The van der Waals surface area contributed by atoms with Crippen molar-refractivity contribution < 1.29 is 13.2 Å². The zero-order chi connectivity index (χ0) is 19.9. The molecule has 0 aliphatic carbocycles. The second kappa shape index (κ2) is 11.8. The molecular formula is C17H24ClIN4O3S2. The summed E-state index contributed by atoms with van der Waals surface area (Å²) in [7, 11) is -3.67. The number of aliphatic imine (C=N–C) groups is 1. The highest BCUT2D eigenvalue weighted by molar-refractivity contribution is 14.0. The zero-order valence-electron chi connectivity index (χ0n) is 15.5. The monoisotopic (exact) mass is 558 g/mol. The van der Waals surface area contributed by atoms with Gasteiger partial charge in [-0.15, -0.1) is 35.3 Å². The third-order valence-corrected chi connectivity index (χ3v) is 6.12. The minimum atomic E-state index is -3.67. The summed E-state index contributed by atoms with van der Waals surface area (Å²) in [4.78, 5) is 5.27. The van der Waals surface area contributed by atoms with Gasteiger partial charge in [0.15, 0.2) is 5.96 Å². The number of rotatable bonds is 8. The second-order valence-electron chi connectivity index (χ2n) is 5.72. The van der Waals surface area contributed by atoms with Crippen LogP contribution in [0.2, 0.25) is 5.02 Å². The summed E-state index contributed by atoms with van der Waals surface area (Å²) in [5.41, 5.74) is 0. The summed E-state index contributed by atoms with van der Waals surface area (Å²) in [5.74, 6) is 1.36. The van der Waals surface area contributed by atoms with Gasteiger partial charge in [-0.2, -0.15) is 0 Å². The van der Waals surface area contributed by atoms with Crippen LogP contribution in [0.5, 0.6) is 5.75 Å². The largest absolute Gasteiger partial charge is 0.489 e. The summed E-state index contributed by atoms with van der Waals surface area (Å²) in [5, 5.41) is 12.1. The number of sulfonamides is 1. The van der Waals surface area contributed by atoms with E-state index in [1.54, 1.807) is 18.2 Å². The molecule has 4 N–H and O–H groups in total. The van der Waals surface area contributed by atoms with Gasteiger partial charge in [-0.05, 0) is 50.2 Å². The van der Waals surface area contributed by atoms with Gasteiger partial charge in [-0.25, -0.2) is 18.5 Å². The standard InChI is InChI=1S/C17H23ClN4O3S2.HI/c1-3-20-17(22-11-15-8-9-16(26-15)27(19,23)24)21-10-12(2)25-14-6-4-13(18)5-7-14;/h4-9,12H,3,10-11H2,1-2H3,(H2,19,23,24)(H2,20,21,22);1H. The summed E-state index contributed by atoms with van der Waals surface area (Å²) in [6.07, 6.45) is -0.0919. The first kappa shape index (κ1) is 25.0. The number of hydrogen-bond donors (Lipinski definition) is 3. The average molecular weight is 559 g/mol. The molecule has 0 saturated heterocycles. The van der Waals surface area contributed by atoms with Crippen molar-refractivity contribution in [1.82, 2.24) is 10.6 Å². The number of nitrogens with one attached hydrogen (secondary N) is 2. The lowest BCUT2D eigenvalue weighted by molar-refractivity contribution is 0.224. The van der Waals surface area contributed by atoms with Gasteiger partial charge in [0.1, 0.15) is 16.1 Å². The van der Waals surface area contributed by atoms with Crippen LogP contribution in [0.4, 0.5) is 0 Å². The highest BCUT2D eigenvalue weighted by atomic mass is 127. The van der Waals surface area contributed by atoms with Gasteiger partial charge in [0.25, 0.3) is 0 Å². The van der Waals surface area contributed by atoms with E-state index in [2.05, 4.69) is 15.6 Å². The first-order valence-corrected chi connectivity index (χ1v) is 11.1. The van der Waals surface area contributed by atoms with Crippen LogP contribution < -0.4 is 20.5 Å². The van der Waals surface area contributed by atoms with Crippen LogP contribution in [0.3, 0.4) is 0 Å². The molecule has 1 atom stereocenters. The maximum absolute atomic E-state index is 11.3. The molecule has 2 rings (SSSR count). The van der Waals surface area contributed by atoms with Crippen molar-refractivity contribution in [3.63, 3.8) is 0 Å². The lowest BCUT2D eigenvalue weighted by atomic mass is 10.3. The molecule has 0 bridgehead atoms. The van der Waals surface area contributed by atoms with Crippen molar-refractivity contribution >= 4 is 62.9 Å². The Hall–Kier alpha value is -1.08. The predicted octanol–water partition coefficient (Wildman–Crippen LogP) is 3.19. The quantitative estimate of drug-likeness (QED) is 0.262. The molecular weight excluding hydrogens is 535 g/mol. The SMILES string of the molecule is CCNC(=NCc1ccc(S(N)(=O)=O)s1)NCC(C)Oc1ccc(Cl)cc1.I. The Labute approximate surface area is 191 Å². The molecule has 0 spiro atoms. The number of nitrogens with zero attached hydrogens (tertiary/aromatic N) is 1. The van der Waals surface area contributed by atoms with Crippen molar-refractivity contribution in [3.8, 4) is 5.75 Å². The van der Waals surface area contributed by atoms with Gasteiger partial charge in [-0.1, -0.05) is 11.6 Å². The van der Waals surface area contributed by atoms with Gasteiger partial charge >= 0.3 is 0 Å². The highest BCUT2D eigenvalue weighted by Crippen LogP contribution is 2.21. The molecule has 2 aromatic rings. The van der Waals surface area contributed by atoms with E-state index in [-0.39, 0.29) is 34.3 Å². The number of hydrogen-bond acceptors (Lipinski definition) is 5. The average Bonchev–Trinajstić information content (AvgIpc) is 3.09. The second-order valence-corrected chi connectivity index (χ2v) is 9.12. The fourth-order valence-electron chi connectivity index (χ4n) is 2.12. The van der Waals surface area contributed by atoms with Gasteiger partial charge in [0.2, 0.25) is 10.0 Å². The van der Waals surface area contributed by atoms with Crippen LogP contribution in [0.15, 0.2) is 45.6 Å². The lowest BCUT2D eigenvalue weighted by Crippen LogP contribution is -2.41. The Kier molecular flexibility index (Phi) is 10.5. The summed E-state index contributed by atoms with van der Waals surface area (Å²) < 4.78 is 28.6. The van der Waals surface area contributed by atoms with E-state index in [1.807, 2.05) is 26.0 Å². The Morgan fingerprint density at radius 1 is 1.25 bits per heavy atom. The lowest BCUT2D eigenvalue weighted by Gasteiger charge is -2.17. The molecule has 7 nitrogen and oxygen atoms in total. The van der Waals surface area contributed by atoms with Crippen molar-refractivity contribution in [2.45, 2.75) is 30.7 Å². The van der Waals surface area contributed by atoms with E-state index >= 15 is 0 Å². The van der Waals surface area contributed by atoms with E-state index < -0.39 is 10.0 Å². The highest BCUT2D eigenvalue weighted by Gasteiger charge is 2.11. The summed E-state index contributed by atoms with van der Waals surface area (Å²) >= 11 is 6.98. The number of benzene rings is 1. The Morgan fingerprint density at radius 3 is 2.50 bits per heavy atom. The first-order valence-electron chi connectivity index (χ1n) is 8.34. The van der Waals surface area contributed by atoms with Crippen molar-refractivity contribution in [1.29, 1.82) is 0 Å². The fourth-order valence-corrected chi connectivity index (χ4v) is 3.95. The Balaban J connectivity index is 0.00000392. The number of guanidine groups is 1. The van der Waals surface area contributed by atoms with Crippen molar-refractivity contribution in [3.05, 3.63) is 46.3 Å². The summed E-state index contributed by atoms with van der Waals surface area (Å²) in [6.45, 7) is 5.51. The third-order valence-electron chi connectivity index (χ3n) is 3.36. The van der Waals surface area contributed by atoms with Crippen LogP contribution in [0, 0.1) is 0 Å². The van der Waals surface area contributed by atoms with Crippen LogP contribution in [-0.2, 0) is 16.6 Å². The molecule has 1 aromatic heterocycles. The number of nitrogens with two attached hydrogens (primary N) is 1. The predicted molar refractivity (Wildman–Crippen MR) is 125 cm³/mol. The van der Waals surface area contributed by atoms with Crippen LogP contribution in [0.1, 0.15) is 18.7 Å². The minimum Gasteiger partial charge on any atom is -0.489 e. The molecule has 0 fully saturated rings. The van der Waals surface area contributed by atoms with Gasteiger partial charge in [-0.3, -0.25) is 0 Å². The smallest absolute Gasteiger partial charge is 0.247 e. The normalized spacial score (nSPS) is 12.8. The molecule has 1 unspecified atom stereocenters. The van der Waals surface area contributed by atoms with E-state index in [0.29, 0.717) is 30.6 Å². The zero-order valence-corrected chi connectivity index (χ0v) is 20.2. The van der Waals surface area contributed by atoms with Crippen LogP contribution >= 0.6 is 46.9 Å². The Bertz CT molecular complexity index is 873. The molecule has 1 aromatic carbocycles. The maximum atomic E-state index is 11.3. The third kappa shape index (κ3) is 8.52. The van der Waals surface area contributed by atoms with E-state index in [1.165, 1.54) is 6.07 Å². The van der Waals surface area contributed by atoms with E-state index in [9.17, 15) is 8.42 Å².